The fourth-order valence-corrected chi connectivity index (χ4v) is 6.21. The van der Waals surface area contributed by atoms with Crippen LogP contribution in [-0.4, -0.2) is 58.9 Å². The van der Waals surface area contributed by atoms with Crippen molar-refractivity contribution in [3.05, 3.63) is 72.8 Å². The number of halogens is 4. The Hall–Kier alpha value is -3.96. The lowest BCUT2D eigenvalue weighted by Crippen LogP contribution is -2.48. The Balaban J connectivity index is 1.64. The zero-order valence-corrected chi connectivity index (χ0v) is 23.6. The fourth-order valence-electron chi connectivity index (χ4n) is 3.68. The molecular weight excluding hydrogens is 608 g/mol. The third-order valence-corrected chi connectivity index (χ3v) is 9.22. The van der Waals surface area contributed by atoms with Crippen molar-refractivity contribution >= 4 is 37.5 Å². The average molecular weight is 633 g/mol. The van der Waals surface area contributed by atoms with Gasteiger partial charge in [0.2, 0.25) is 15.6 Å². The highest BCUT2D eigenvalue weighted by molar-refractivity contribution is 7.92. The number of ether oxygens (including phenoxy) is 2. The maximum absolute atomic E-state index is 13.6. The van der Waals surface area contributed by atoms with E-state index < -0.39 is 56.4 Å². The Kier molecular flexibility index (Phi) is 8.39. The molecule has 3 aromatic rings. The van der Waals surface area contributed by atoms with Gasteiger partial charge in [0.15, 0.2) is 0 Å². The van der Waals surface area contributed by atoms with Crippen LogP contribution in [0.5, 0.6) is 5.75 Å². The minimum atomic E-state index is -4.86. The van der Waals surface area contributed by atoms with E-state index in [1.54, 1.807) is 0 Å². The number of pyridine rings is 1. The molecule has 0 saturated carbocycles. The van der Waals surface area contributed by atoms with E-state index in [1.807, 2.05) is 0 Å². The fraction of sp³-hybridized carbons (Fsp3) is 0.280. The Morgan fingerprint density at radius 3 is 2.38 bits per heavy atom. The minimum Gasteiger partial charge on any atom is -0.485 e. The number of alkyl halides is 3. The number of carbonyl (C=O) groups excluding carboxylic acids is 1. The summed E-state index contributed by atoms with van der Waals surface area (Å²) in [5.74, 6) is -0.738. The van der Waals surface area contributed by atoms with Gasteiger partial charge in [0.05, 0.1) is 17.1 Å². The number of nitrogens with zero attached hydrogens (tertiary/aromatic N) is 2. The number of sulfonamides is 2. The maximum atomic E-state index is 13.6. The van der Waals surface area contributed by atoms with Gasteiger partial charge in [-0.1, -0.05) is 0 Å². The zero-order valence-electron chi connectivity index (χ0n) is 21.9. The van der Waals surface area contributed by atoms with Gasteiger partial charge in [-0.2, -0.15) is 13.2 Å². The van der Waals surface area contributed by atoms with E-state index in [0.29, 0.717) is 13.8 Å². The normalized spacial score (nSPS) is 15.9. The molecule has 17 heteroatoms. The van der Waals surface area contributed by atoms with Crippen molar-refractivity contribution < 1.29 is 48.7 Å². The van der Waals surface area contributed by atoms with Crippen LogP contribution in [-0.2, 0) is 24.8 Å². The van der Waals surface area contributed by atoms with E-state index in [4.69, 9.17) is 4.74 Å². The molecule has 0 unspecified atom stereocenters. The van der Waals surface area contributed by atoms with Crippen molar-refractivity contribution in [2.75, 3.05) is 22.7 Å². The van der Waals surface area contributed by atoms with Gasteiger partial charge < -0.3 is 9.47 Å². The van der Waals surface area contributed by atoms with E-state index in [9.17, 15) is 39.2 Å². The summed E-state index contributed by atoms with van der Waals surface area (Å²) in [6.45, 7) is 0.516. The van der Waals surface area contributed by atoms with Gasteiger partial charge >= 0.3 is 12.3 Å². The number of carbonyl (C=O) groups is 1. The molecule has 11 nitrogen and oxygen atoms in total. The molecule has 4 rings (SSSR count). The summed E-state index contributed by atoms with van der Waals surface area (Å²) in [5.41, 5.74) is -3.07. The van der Waals surface area contributed by atoms with Crippen LogP contribution in [0.2, 0.25) is 0 Å². The van der Waals surface area contributed by atoms with Gasteiger partial charge in [0, 0.05) is 24.6 Å². The smallest absolute Gasteiger partial charge is 0.427 e. The topological polar surface area (TPSA) is 144 Å². The Morgan fingerprint density at radius 2 is 1.76 bits per heavy atom. The van der Waals surface area contributed by atoms with Gasteiger partial charge in [-0.3, -0.25) is 14.6 Å². The lowest BCUT2D eigenvalue weighted by molar-refractivity contribution is -0.242. The molecule has 2 heterocycles. The summed E-state index contributed by atoms with van der Waals surface area (Å²) >= 11 is 0. The standard InChI is InChI=1S/C25H24F4N4O7S2/c1-24(2,25(27,28)29)40-23(34)32-17-7-10-22-21(12-17)33(42(37,38)19-8-5-16(26)6-9-19)15-18(39-22)13-31-41(35,36)20-4-3-11-30-14-20/h3-12,14,18,31H,13,15H2,1-2H3,(H,32,34)/t18-/m0/s1. The van der Waals surface area contributed by atoms with E-state index in [2.05, 4.69) is 19.8 Å². The lowest BCUT2D eigenvalue weighted by Gasteiger charge is -2.36. The summed E-state index contributed by atoms with van der Waals surface area (Å²) in [4.78, 5) is 15.5. The maximum Gasteiger partial charge on any atom is 0.427 e. The molecular formula is C25H24F4N4O7S2. The van der Waals surface area contributed by atoms with Crippen LogP contribution in [0.1, 0.15) is 13.8 Å². The van der Waals surface area contributed by atoms with Crippen molar-refractivity contribution in [1.29, 1.82) is 0 Å². The monoisotopic (exact) mass is 632 g/mol. The van der Waals surface area contributed by atoms with Crippen LogP contribution in [0.25, 0.3) is 0 Å². The van der Waals surface area contributed by atoms with Gasteiger partial charge in [0.25, 0.3) is 10.0 Å². The van der Waals surface area contributed by atoms with Crippen LogP contribution < -0.4 is 19.1 Å². The molecule has 0 radical (unpaired) electrons. The average Bonchev–Trinajstić information content (AvgIpc) is 2.91. The van der Waals surface area contributed by atoms with Gasteiger partial charge in [0.1, 0.15) is 22.6 Å². The molecule has 0 fully saturated rings. The highest BCUT2D eigenvalue weighted by Gasteiger charge is 2.51. The highest BCUT2D eigenvalue weighted by Crippen LogP contribution is 2.39. The second-order valence-electron chi connectivity index (χ2n) is 9.48. The molecule has 2 aromatic carbocycles. The predicted octanol–water partition coefficient (Wildman–Crippen LogP) is 4.04. The first kappa shape index (κ1) is 31.0. The molecule has 0 saturated heterocycles. The lowest BCUT2D eigenvalue weighted by atomic mass is 10.1. The molecule has 226 valence electrons. The molecule has 1 aliphatic heterocycles. The molecule has 1 atom stereocenters. The second kappa shape index (κ2) is 11.4. The van der Waals surface area contributed by atoms with Crippen molar-refractivity contribution in [3.63, 3.8) is 0 Å². The van der Waals surface area contributed by atoms with E-state index in [-0.39, 0.29) is 33.5 Å². The van der Waals surface area contributed by atoms with Gasteiger partial charge in [-0.25, -0.2) is 30.7 Å². The molecule has 1 amide bonds. The molecule has 2 N–H and O–H groups in total. The highest BCUT2D eigenvalue weighted by atomic mass is 32.2. The van der Waals surface area contributed by atoms with Crippen LogP contribution in [0.15, 0.2) is 76.8 Å². The first-order chi connectivity index (χ1) is 19.5. The number of fused-ring (bicyclic) bond motifs is 1. The number of amides is 1. The first-order valence-corrected chi connectivity index (χ1v) is 15.0. The third kappa shape index (κ3) is 6.74. The molecule has 0 spiro atoms. The Labute approximate surface area is 238 Å². The second-order valence-corrected chi connectivity index (χ2v) is 13.1. The van der Waals surface area contributed by atoms with E-state index in [1.165, 1.54) is 30.5 Å². The molecule has 0 bridgehead atoms. The minimum absolute atomic E-state index is 0.0490. The van der Waals surface area contributed by atoms with E-state index >= 15 is 0 Å². The summed E-state index contributed by atoms with van der Waals surface area (Å²) in [7, 11) is -8.45. The summed E-state index contributed by atoms with van der Waals surface area (Å²) in [6.07, 6.45) is -4.86. The largest absolute Gasteiger partial charge is 0.485 e. The number of hydrogen-bond acceptors (Lipinski definition) is 8. The van der Waals surface area contributed by atoms with Gasteiger partial charge in [-0.05, 0) is 68.4 Å². The number of hydrogen-bond donors (Lipinski definition) is 2. The van der Waals surface area contributed by atoms with Crippen molar-refractivity contribution in [2.24, 2.45) is 0 Å². The summed E-state index contributed by atoms with van der Waals surface area (Å²) in [5, 5.41) is 2.13. The van der Waals surface area contributed by atoms with E-state index in [0.717, 1.165) is 40.8 Å². The molecule has 0 aliphatic carbocycles. The Morgan fingerprint density at radius 1 is 1.07 bits per heavy atom. The third-order valence-electron chi connectivity index (χ3n) is 6.02. The molecule has 42 heavy (non-hydrogen) atoms. The number of rotatable bonds is 8. The summed E-state index contributed by atoms with van der Waals surface area (Å²) < 4.78 is 119. The van der Waals surface area contributed by atoms with Crippen molar-refractivity contribution in [2.45, 2.75) is 41.5 Å². The zero-order chi connectivity index (χ0) is 30.9. The number of benzene rings is 2. The van der Waals surface area contributed by atoms with Crippen LogP contribution >= 0.6 is 0 Å². The quantitative estimate of drug-likeness (QED) is 0.354. The first-order valence-electron chi connectivity index (χ1n) is 12.0. The molecule has 1 aromatic heterocycles. The van der Waals surface area contributed by atoms with Gasteiger partial charge in [-0.15, -0.1) is 0 Å². The van der Waals surface area contributed by atoms with Crippen LogP contribution in [0.4, 0.5) is 33.7 Å². The molecule has 1 aliphatic rings. The SMILES string of the molecule is CC(C)(OC(=O)Nc1ccc2c(c1)N(S(=O)(=O)c1ccc(F)cc1)C[C@H](CNS(=O)(=O)c1cccnc1)O2)C(F)(F)F. The van der Waals surface area contributed by atoms with Crippen molar-refractivity contribution in [1.82, 2.24) is 9.71 Å². The van der Waals surface area contributed by atoms with Crippen LogP contribution in [0.3, 0.4) is 0 Å². The number of aromatic nitrogens is 1. The van der Waals surface area contributed by atoms with Crippen LogP contribution in [0, 0.1) is 5.82 Å². The number of nitrogens with one attached hydrogen (secondary N) is 2. The summed E-state index contributed by atoms with van der Waals surface area (Å²) in [6, 6.07) is 10.3. The number of anilines is 2. The Bertz CT molecular complexity index is 1670. The van der Waals surface area contributed by atoms with Crippen molar-refractivity contribution in [3.8, 4) is 5.75 Å². The predicted molar refractivity (Wildman–Crippen MR) is 141 cm³/mol.